The lowest BCUT2D eigenvalue weighted by molar-refractivity contribution is 0.0956. The predicted octanol–water partition coefficient (Wildman–Crippen LogP) is 3.15. The summed E-state index contributed by atoms with van der Waals surface area (Å²) in [7, 11) is 1.65. The first kappa shape index (κ1) is 14.2. The van der Waals surface area contributed by atoms with Crippen molar-refractivity contribution in [2.75, 3.05) is 13.7 Å². The highest BCUT2D eigenvalue weighted by molar-refractivity contribution is 6.06. The number of fused-ring (bicyclic) bond motifs is 1. The van der Waals surface area contributed by atoms with E-state index in [1.54, 1.807) is 7.11 Å². The molecule has 0 spiro atoms. The first-order valence-corrected chi connectivity index (χ1v) is 7.25. The van der Waals surface area contributed by atoms with Gasteiger partial charge in [-0.05, 0) is 42.3 Å². The fourth-order valence-electron chi connectivity index (χ4n) is 2.49. The fraction of sp³-hybridized carbons (Fsp3) is 0.167. The molecular formula is C18H18N2O2. The molecule has 3 aromatic rings. The molecule has 0 saturated carbocycles. The van der Waals surface area contributed by atoms with Crippen molar-refractivity contribution < 1.29 is 9.53 Å². The molecule has 0 saturated heterocycles. The van der Waals surface area contributed by atoms with Crippen molar-refractivity contribution in [2.24, 2.45) is 0 Å². The minimum Gasteiger partial charge on any atom is -0.497 e. The molecule has 0 unspecified atom stereocenters. The van der Waals surface area contributed by atoms with Crippen LogP contribution in [-0.2, 0) is 6.42 Å². The Hall–Kier alpha value is -2.75. The maximum absolute atomic E-state index is 12.3. The van der Waals surface area contributed by atoms with E-state index >= 15 is 0 Å². The second kappa shape index (κ2) is 6.35. The summed E-state index contributed by atoms with van der Waals surface area (Å²) >= 11 is 0. The van der Waals surface area contributed by atoms with Gasteiger partial charge in [-0.25, -0.2) is 0 Å². The number of hydrogen-bond donors (Lipinski definition) is 2. The van der Waals surface area contributed by atoms with E-state index < -0.39 is 0 Å². The van der Waals surface area contributed by atoms with Crippen molar-refractivity contribution in [3.05, 3.63) is 65.9 Å². The van der Waals surface area contributed by atoms with E-state index in [1.807, 2.05) is 54.7 Å². The monoisotopic (exact) mass is 294 g/mol. The average molecular weight is 294 g/mol. The average Bonchev–Trinajstić information content (AvgIpc) is 3.04. The zero-order valence-electron chi connectivity index (χ0n) is 12.4. The lowest BCUT2D eigenvalue weighted by Crippen LogP contribution is -2.25. The molecular weight excluding hydrogens is 276 g/mol. The smallest absolute Gasteiger partial charge is 0.251 e. The topological polar surface area (TPSA) is 54.1 Å². The van der Waals surface area contributed by atoms with Gasteiger partial charge < -0.3 is 15.0 Å². The number of rotatable bonds is 5. The maximum atomic E-state index is 12.3. The van der Waals surface area contributed by atoms with E-state index in [4.69, 9.17) is 4.74 Å². The van der Waals surface area contributed by atoms with Crippen LogP contribution in [0.1, 0.15) is 15.9 Å². The maximum Gasteiger partial charge on any atom is 0.251 e. The van der Waals surface area contributed by atoms with E-state index in [0.29, 0.717) is 12.1 Å². The first-order valence-electron chi connectivity index (χ1n) is 7.25. The molecule has 0 aliphatic rings. The summed E-state index contributed by atoms with van der Waals surface area (Å²) < 4.78 is 5.13. The quantitative estimate of drug-likeness (QED) is 0.759. The molecule has 3 rings (SSSR count). The SMILES string of the molecule is COc1ccc(CCNC(=O)c2cccc3[nH]ccc23)cc1. The van der Waals surface area contributed by atoms with Crippen LogP contribution in [0, 0.1) is 0 Å². The second-order valence-electron chi connectivity index (χ2n) is 5.10. The van der Waals surface area contributed by atoms with E-state index in [0.717, 1.165) is 23.1 Å². The number of hydrogen-bond acceptors (Lipinski definition) is 2. The summed E-state index contributed by atoms with van der Waals surface area (Å²) in [6.07, 6.45) is 2.64. The zero-order chi connectivity index (χ0) is 15.4. The molecule has 2 N–H and O–H groups in total. The molecule has 2 aromatic carbocycles. The van der Waals surface area contributed by atoms with Crippen LogP contribution in [-0.4, -0.2) is 24.5 Å². The van der Waals surface area contributed by atoms with Crippen LogP contribution in [0.3, 0.4) is 0 Å². The summed E-state index contributed by atoms with van der Waals surface area (Å²) in [4.78, 5) is 15.4. The van der Waals surface area contributed by atoms with Crippen molar-refractivity contribution in [3.63, 3.8) is 0 Å². The third kappa shape index (κ3) is 2.96. The van der Waals surface area contributed by atoms with Gasteiger partial charge in [0.1, 0.15) is 5.75 Å². The largest absolute Gasteiger partial charge is 0.497 e. The molecule has 4 nitrogen and oxygen atoms in total. The predicted molar refractivity (Wildman–Crippen MR) is 87.3 cm³/mol. The van der Waals surface area contributed by atoms with E-state index in [-0.39, 0.29) is 5.91 Å². The molecule has 0 atom stereocenters. The molecule has 0 bridgehead atoms. The van der Waals surface area contributed by atoms with E-state index in [2.05, 4.69) is 10.3 Å². The standard InChI is InChI=1S/C18H18N2O2/c1-22-14-7-5-13(6-8-14)9-11-20-18(21)16-3-2-4-17-15(16)10-12-19-17/h2-8,10,12,19H,9,11H2,1H3,(H,20,21). The van der Waals surface area contributed by atoms with Gasteiger partial charge in [0.05, 0.1) is 7.11 Å². The van der Waals surface area contributed by atoms with Crippen molar-refractivity contribution >= 4 is 16.8 Å². The Bertz CT molecular complexity index is 775. The highest BCUT2D eigenvalue weighted by Crippen LogP contribution is 2.17. The molecule has 0 radical (unpaired) electrons. The summed E-state index contributed by atoms with van der Waals surface area (Å²) in [5, 5.41) is 3.92. The number of aromatic amines is 1. The third-order valence-electron chi connectivity index (χ3n) is 3.70. The minimum absolute atomic E-state index is 0.0429. The number of H-pyrrole nitrogens is 1. The van der Waals surface area contributed by atoms with Crippen LogP contribution in [0.2, 0.25) is 0 Å². The van der Waals surface area contributed by atoms with Gasteiger partial charge in [0.25, 0.3) is 5.91 Å². The Balaban J connectivity index is 1.61. The molecule has 4 heteroatoms. The number of benzene rings is 2. The van der Waals surface area contributed by atoms with Gasteiger partial charge in [0.2, 0.25) is 0 Å². The Morgan fingerprint density at radius 3 is 2.73 bits per heavy atom. The van der Waals surface area contributed by atoms with Crippen LogP contribution in [0.5, 0.6) is 5.75 Å². The van der Waals surface area contributed by atoms with Crippen molar-refractivity contribution in [1.82, 2.24) is 10.3 Å². The van der Waals surface area contributed by atoms with Crippen LogP contribution in [0.25, 0.3) is 10.9 Å². The molecule has 1 amide bonds. The Morgan fingerprint density at radius 1 is 1.14 bits per heavy atom. The van der Waals surface area contributed by atoms with E-state index in [1.165, 1.54) is 5.56 Å². The molecule has 112 valence electrons. The number of nitrogens with one attached hydrogen (secondary N) is 2. The highest BCUT2D eigenvalue weighted by atomic mass is 16.5. The molecule has 0 aliphatic carbocycles. The van der Waals surface area contributed by atoms with Crippen molar-refractivity contribution in [2.45, 2.75) is 6.42 Å². The number of ether oxygens (including phenoxy) is 1. The fourth-order valence-corrected chi connectivity index (χ4v) is 2.49. The third-order valence-corrected chi connectivity index (χ3v) is 3.70. The summed E-state index contributed by atoms with van der Waals surface area (Å²) in [5.74, 6) is 0.797. The Morgan fingerprint density at radius 2 is 1.95 bits per heavy atom. The van der Waals surface area contributed by atoms with Gasteiger partial charge in [-0.3, -0.25) is 4.79 Å². The summed E-state index contributed by atoms with van der Waals surface area (Å²) in [6.45, 7) is 0.603. The first-order chi connectivity index (χ1) is 10.8. The number of carbonyl (C=O) groups is 1. The van der Waals surface area contributed by atoms with E-state index in [9.17, 15) is 4.79 Å². The van der Waals surface area contributed by atoms with Gasteiger partial charge in [0.15, 0.2) is 0 Å². The van der Waals surface area contributed by atoms with Gasteiger partial charge >= 0.3 is 0 Å². The number of aromatic nitrogens is 1. The Kier molecular flexibility index (Phi) is 4.10. The summed E-state index contributed by atoms with van der Waals surface area (Å²) in [6, 6.07) is 15.5. The van der Waals surface area contributed by atoms with Gasteiger partial charge in [-0.15, -0.1) is 0 Å². The molecule has 1 heterocycles. The van der Waals surface area contributed by atoms with Crippen molar-refractivity contribution in [3.8, 4) is 5.75 Å². The lowest BCUT2D eigenvalue weighted by atomic mass is 10.1. The molecule has 22 heavy (non-hydrogen) atoms. The minimum atomic E-state index is -0.0429. The van der Waals surface area contributed by atoms with Crippen LogP contribution >= 0.6 is 0 Å². The van der Waals surface area contributed by atoms with Gasteiger partial charge in [0, 0.05) is 29.2 Å². The summed E-state index contributed by atoms with van der Waals surface area (Å²) in [5.41, 5.74) is 2.84. The molecule has 1 aromatic heterocycles. The lowest BCUT2D eigenvalue weighted by Gasteiger charge is -2.07. The van der Waals surface area contributed by atoms with Crippen molar-refractivity contribution in [1.29, 1.82) is 0 Å². The molecule has 0 fully saturated rings. The van der Waals surface area contributed by atoms with Crippen LogP contribution in [0.15, 0.2) is 54.7 Å². The second-order valence-corrected chi connectivity index (χ2v) is 5.10. The Labute approximate surface area is 129 Å². The number of amides is 1. The van der Waals surface area contributed by atoms with Gasteiger partial charge in [-0.2, -0.15) is 0 Å². The number of carbonyl (C=O) groups excluding carboxylic acids is 1. The highest BCUT2D eigenvalue weighted by Gasteiger charge is 2.09. The zero-order valence-corrected chi connectivity index (χ0v) is 12.4. The van der Waals surface area contributed by atoms with Gasteiger partial charge in [-0.1, -0.05) is 18.2 Å². The molecule has 0 aliphatic heterocycles. The normalized spacial score (nSPS) is 10.6. The number of methoxy groups -OCH3 is 1. The van der Waals surface area contributed by atoms with Crippen LogP contribution in [0.4, 0.5) is 0 Å². The van der Waals surface area contributed by atoms with Crippen LogP contribution < -0.4 is 10.1 Å².